The van der Waals surface area contributed by atoms with Crippen molar-refractivity contribution in [3.05, 3.63) is 12.2 Å². The minimum absolute atomic E-state index is 1.10. The van der Waals surface area contributed by atoms with Crippen LogP contribution in [0.2, 0.25) is 0 Å². The molecule has 0 aromatic rings. The Morgan fingerprint density at radius 1 is 0.500 bits per heavy atom. The van der Waals surface area contributed by atoms with E-state index in [2.05, 4.69) is 34.3 Å². The van der Waals surface area contributed by atoms with Gasteiger partial charge in [0, 0.05) is 0 Å². The van der Waals surface area contributed by atoms with Gasteiger partial charge in [-0.1, -0.05) is 19.8 Å². The Morgan fingerprint density at radius 3 is 1.18 bits per heavy atom. The van der Waals surface area contributed by atoms with E-state index in [4.69, 9.17) is 0 Å². The fraction of sp³-hybridized carbons (Fsp3) is 0.926. The molecule has 0 unspecified atom stereocenters. The molecule has 28 heavy (non-hydrogen) atoms. The van der Waals surface area contributed by atoms with Crippen LogP contribution >= 0.6 is 7.26 Å². The molecule has 0 rings (SSSR count). The van der Waals surface area contributed by atoms with E-state index < -0.39 is 7.26 Å². The molecule has 0 atom stereocenters. The molecule has 0 saturated carbocycles. The molecule has 0 aliphatic carbocycles. The Kier molecular flexibility index (Phi) is 20.6. The van der Waals surface area contributed by atoms with Gasteiger partial charge in [-0.15, -0.1) is 0 Å². The van der Waals surface area contributed by atoms with Gasteiger partial charge in [0.1, 0.15) is 0 Å². The average Bonchev–Trinajstić information content (AvgIpc) is 2.67. The van der Waals surface area contributed by atoms with E-state index in [-0.39, 0.29) is 0 Å². The average molecular weight is 413 g/mol. The molecule has 0 aliphatic rings. The second kappa shape index (κ2) is 20.4. The number of rotatable bonds is 22. The van der Waals surface area contributed by atoms with Crippen LogP contribution in [0.5, 0.6) is 0 Å². The van der Waals surface area contributed by atoms with Gasteiger partial charge in [0.25, 0.3) is 0 Å². The summed E-state index contributed by atoms with van der Waals surface area (Å²) in [7, 11) is -1.10. The topological polar surface area (TPSA) is 0 Å². The van der Waals surface area contributed by atoms with Crippen molar-refractivity contribution in [1.29, 1.82) is 0 Å². The van der Waals surface area contributed by atoms with Crippen LogP contribution in [0.15, 0.2) is 12.2 Å². The Hall–Kier alpha value is 0.170. The Morgan fingerprint density at radius 2 is 0.821 bits per heavy atom. The van der Waals surface area contributed by atoms with Gasteiger partial charge >= 0.3 is 161 Å². The third-order valence-corrected chi connectivity index (χ3v) is 12.2. The molecule has 0 aromatic carbocycles. The summed E-state index contributed by atoms with van der Waals surface area (Å²) in [6.45, 7) is 13.6. The quantitative estimate of drug-likeness (QED) is 0.0942. The molecule has 0 amide bonds. The molecule has 0 radical (unpaired) electrons. The van der Waals surface area contributed by atoms with Gasteiger partial charge in [-0.05, 0) is 0 Å². The molecule has 0 aromatic heterocycles. The van der Waals surface area contributed by atoms with Gasteiger partial charge in [-0.2, -0.15) is 0 Å². The normalized spacial score (nSPS) is 12.4. The van der Waals surface area contributed by atoms with Gasteiger partial charge in [0.15, 0.2) is 0 Å². The summed E-state index contributed by atoms with van der Waals surface area (Å²) in [6.07, 6.45) is 30.9. The predicted octanol–water partition coefficient (Wildman–Crippen LogP) is 10.0. The van der Waals surface area contributed by atoms with Crippen molar-refractivity contribution in [2.45, 2.75) is 137 Å². The number of unbranched alkanes of at least 4 members (excludes halogenated alkanes) is 14. The summed E-state index contributed by atoms with van der Waals surface area (Å²) in [6, 6.07) is 0. The van der Waals surface area contributed by atoms with Crippen LogP contribution in [0.3, 0.4) is 0 Å². The number of hydrogen-bond acceptors (Lipinski definition) is 0. The molecule has 0 bridgehead atoms. The zero-order chi connectivity index (χ0) is 20.9. The zero-order valence-corrected chi connectivity index (χ0v) is 21.6. The van der Waals surface area contributed by atoms with E-state index in [0.717, 1.165) is 0 Å². The SMILES string of the molecule is C=C(C)C[PH](CCCC)(CCCC)CCCCCCCCCCCCCCC. The smallest absolute Gasteiger partial charge is 0.0654 e. The minimum Gasteiger partial charge on any atom is -0.0654 e. The van der Waals surface area contributed by atoms with E-state index in [1.807, 2.05) is 0 Å². The molecule has 0 nitrogen and oxygen atoms in total. The Balaban J connectivity index is 3.89. The van der Waals surface area contributed by atoms with Crippen molar-refractivity contribution in [2.75, 3.05) is 24.6 Å². The number of hydrogen-bond donors (Lipinski definition) is 0. The summed E-state index contributed by atoms with van der Waals surface area (Å²) in [5, 5.41) is 0. The second-order valence-corrected chi connectivity index (χ2v) is 14.7. The van der Waals surface area contributed by atoms with E-state index in [1.165, 1.54) is 121 Å². The van der Waals surface area contributed by atoms with Crippen molar-refractivity contribution < 1.29 is 0 Å². The molecule has 0 N–H and O–H groups in total. The summed E-state index contributed by atoms with van der Waals surface area (Å²) < 4.78 is 0. The molecule has 0 fully saturated rings. The molecule has 0 aliphatic heterocycles. The van der Waals surface area contributed by atoms with Crippen LogP contribution in [0.1, 0.15) is 137 Å². The van der Waals surface area contributed by atoms with Crippen LogP contribution < -0.4 is 0 Å². The van der Waals surface area contributed by atoms with Crippen LogP contribution in [-0.4, -0.2) is 24.6 Å². The van der Waals surface area contributed by atoms with E-state index >= 15 is 0 Å². The van der Waals surface area contributed by atoms with Crippen molar-refractivity contribution in [3.63, 3.8) is 0 Å². The van der Waals surface area contributed by atoms with E-state index in [0.29, 0.717) is 0 Å². The summed E-state index contributed by atoms with van der Waals surface area (Å²) >= 11 is 0. The van der Waals surface area contributed by atoms with E-state index in [1.54, 1.807) is 18.5 Å². The molecular weight excluding hydrogens is 355 g/mol. The molecule has 170 valence electrons. The maximum atomic E-state index is 4.30. The molecular formula is C27H57P. The number of allylic oxidation sites excluding steroid dienone is 1. The van der Waals surface area contributed by atoms with Crippen molar-refractivity contribution in [3.8, 4) is 0 Å². The zero-order valence-electron chi connectivity index (χ0n) is 20.6. The summed E-state index contributed by atoms with van der Waals surface area (Å²) in [5.41, 5.74) is 1.47. The minimum atomic E-state index is -1.10. The fourth-order valence-corrected chi connectivity index (χ4v) is 10.7. The van der Waals surface area contributed by atoms with Gasteiger partial charge in [-0.25, -0.2) is 0 Å². The van der Waals surface area contributed by atoms with Crippen LogP contribution in [-0.2, 0) is 0 Å². The van der Waals surface area contributed by atoms with Crippen LogP contribution in [0.4, 0.5) is 0 Å². The van der Waals surface area contributed by atoms with Crippen LogP contribution in [0.25, 0.3) is 0 Å². The van der Waals surface area contributed by atoms with Crippen molar-refractivity contribution >= 4 is 7.26 Å². The summed E-state index contributed by atoms with van der Waals surface area (Å²) in [4.78, 5) is 0. The third-order valence-electron chi connectivity index (χ3n) is 6.61. The third kappa shape index (κ3) is 17.1. The van der Waals surface area contributed by atoms with Gasteiger partial charge in [0.05, 0.1) is 0 Å². The molecule has 0 heterocycles. The van der Waals surface area contributed by atoms with Gasteiger partial charge in [-0.3, -0.25) is 0 Å². The first-order valence-corrected chi connectivity index (χ1v) is 16.1. The Labute approximate surface area is 181 Å². The predicted molar refractivity (Wildman–Crippen MR) is 138 cm³/mol. The van der Waals surface area contributed by atoms with Crippen molar-refractivity contribution in [1.82, 2.24) is 0 Å². The Bertz CT molecular complexity index is 325. The molecule has 0 saturated heterocycles. The summed E-state index contributed by atoms with van der Waals surface area (Å²) in [5.74, 6) is 0. The fourth-order valence-electron chi connectivity index (χ4n) is 4.90. The first kappa shape index (κ1) is 28.2. The van der Waals surface area contributed by atoms with E-state index in [9.17, 15) is 0 Å². The second-order valence-electron chi connectivity index (χ2n) is 9.83. The first-order valence-electron chi connectivity index (χ1n) is 13.2. The molecule has 1 heteroatoms. The maximum absolute atomic E-state index is 4.30. The van der Waals surface area contributed by atoms with Crippen molar-refractivity contribution in [2.24, 2.45) is 0 Å². The van der Waals surface area contributed by atoms with Gasteiger partial charge < -0.3 is 0 Å². The molecule has 0 spiro atoms. The standard InChI is InChI=1S/C27H57P/c1-6-9-12-13-14-15-16-17-18-19-20-21-22-25-28(23-10-7-2,24-11-8-3)26-27(4)5/h28H,4,6-26H2,1-3,5H3. The first-order chi connectivity index (χ1) is 13.6. The van der Waals surface area contributed by atoms with Crippen LogP contribution in [0, 0.1) is 0 Å². The van der Waals surface area contributed by atoms with Gasteiger partial charge in [0.2, 0.25) is 0 Å². The monoisotopic (exact) mass is 412 g/mol.